The van der Waals surface area contributed by atoms with Gasteiger partial charge < -0.3 is 5.32 Å². The van der Waals surface area contributed by atoms with Gasteiger partial charge in [0.1, 0.15) is 5.82 Å². The molecule has 0 saturated heterocycles. The number of thiocarbonyl (C=S) groups is 1. The molecule has 0 amide bonds. The fourth-order valence-corrected chi connectivity index (χ4v) is 2.03. The minimum absolute atomic E-state index is 0.216. The summed E-state index contributed by atoms with van der Waals surface area (Å²) < 4.78 is 13.3. The van der Waals surface area contributed by atoms with Crippen molar-refractivity contribution in [1.82, 2.24) is 10.4 Å². The zero-order chi connectivity index (χ0) is 13.7. The summed E-state index contributed by atoms with van der Waals surface area (Å²) in [5.41, 5.74) is 3.66. The maximum Gasteiger partial charge on any atom is 0.191 e. The number of anilines is 1. The molecule has 1 heterocycles. The van der Waals surface area contributed by atoms with E-state index in [1.165, 1.54) is 17.4 Å². The lowest BCUT2D eigenvalue weighted by atomic mass is 10.3. The Hall–Kier alpha value is -1.86. The number of nitrogens with zero attached hydrogens (tertiary/aromatic N) is 2. The number of hydrazone groups is 1. The maximum atomic E-state index is 13.3. The second-order valence-corrected chi connectivity index (χ2v) is 5.07. The number of rotatable bonds is 3. The Morgan fingerprint density at radius 3 is 2.95 bits per heavy atom. The van der Waals surface area contributed by atoms with Crippen molar-refractivity contribution < 1.29 is 4.39 Å². The minimum Gasteiger partial charge on any atom is -0.329 e. The molecular formula is C12H11FN4S2. The number of halogens is 1. The van der Waals surface area contributed by atoms with Crippen molar-refractivity contribution in [2.75, 3.05) is 5.32 Å². The van der Waals surface area contributed by atoms with Crippen LogP contribution in [0.5, 0.6) is 0 Å². The zero-order valence-corrected chi connectivity index (χ0v) is 11.7. The van der Waals surface area contributed by atoms with Gasteiger partial charge in [0.15, 0.2) is 5.11 Å². The lowest BCUT2D eigenvalue weighted by molar-refractivity contribution is 0.632. The lowest BCUT2D eigenvalue weighted by Crippen LogP contribution is -2.24. The molecule has 19 heavy (non-hydrogen) atoms. The highest BCUT2D eigenvalue weighted by Gasteiger charge is 2.01. The third-order valence-corrected chi connectivity index (χ3v) is 3.11. The van der Waals surface area contributed by atoms with Gasteiger partial charge in [0.25, 0.3) is 0 Å². The molecule has 0 radical (unpaired) electrons. The first kappa shape index (κ1) is 13.6. The van der Waals surface area contributed by atoms with Crippen LogP contribution >= 0.6 is 23.6 Å². The first-order chi connectivity index (χ1) is 9.15. The summed E-state index contributed by atoms with van der Waals surface area (Å²) in [5, 5.41) is 9.70. The summed E-state index contributed by atoms with van der Waals surface area (Å²) in [7, 11) is 0. The maximum absolute atomic E-state index is 13.3. The summed E-state index contributed by atoms with van der Waals surface area (Å²) in [6.45, 7) is 1.92. The fraction of sp³-hybridized carbons (Fsp3) is 0.0833. The van der Waals surface area contributed by atoms with E-state index >= 15 is 0 Å². The number of aromatic nitrogens is 1. The van der Waals surface area contributed by atoms with E-state index in [-0.39, 0.29) is 10.9 Å². The Bertz CT molecular complexity index is 609. The molecule has 2 aromatic rings. The van der Waals surface area contributed by atoms with Crippen molar-refractivity contribution in [2.24, 2.45) is 5.10 Å². The molecular weight excluding hydrogens is 283 g/mol. The molecule has 98 valence electrons. The van der Waals surface area contributed by atoms with Gasteiger partial charge in [-0.05, 0) is 31.3 Å². The van der Waals surface area contributed by atoms with E-state index in [9.17, 15) is 4.39 Å². The molecule has 2 rings (SSSR count). The molecule has 4 nitrogen and oxygen atoms in total. The van der Waals surface area contributed by atoms with Crippen LogP contribution in [-0.4, -0.2) is 16.3 Å². The molecule has 1 aromatic carbocycles. The van der Waals surface area contributed by atoms with Crippen LogP contribution in [0.25, 0.3) is 0 Å². The molecule has 0 aliphatic heterocycles. The molecule has 0 fully saturated rings. The van der Waals surface area contributed by atoms with Gasteiger partial charge in [-0.1, -0.05) is 12.1 Å². The van der Waals surface area contributed by atoms with Crippen LogP contribution in [0.15, 0.2) is 34.7 Å². The Morgan fingerprint density at radius 1 is 1.47 bits per heavy atom. The smallest absolute Gasteiger partial charge is 0.191 e. The summed E-state index contributed by atoms with van der Waals surface area (Å²) in [6.07, 6.45) is 1.55. The van der Waals surface area contributed by atoms with Crippen LogP contribution in [0.4, 0.5) is 10.1 Å². The van der Waals surface area contributed by atoms with Gasteiger partial charge in [0, 0.05) is 5.38 Å². The van der Waals surface area contributed by atoms with Gasteiger partial charge in [-0.25, -0.2) is 9.37 Å². The molecule has 1 aromatic heterocycles. The van der Waals surface area contributed by atoms with Crippen molar-refractivity contribution in [3.63, 3.8) is 0 Å². The number of aryl methyl sites for hydroxylation is 1. The normalized spacial score (nSPS) is 10.6. The predicted molar refractivity (Wildman–Crippen MR) is 80.2 cm³/mol. The molecule has 0 unspecified atom stereocenters. The zero-order valence-electron chi connectivity index (χ0n) is 10.1. The van der Waals surface area contributed by atoms with Crippen LogP contribution < -0.4 is 10.7 Å². The number of nitrogens with one attached hydrogen (secondary N) is 2. The van der Waals surface area contributed by atoms with E-state index in [1.807, 2.05) is 12.3 Å². The second kappa shape index (κ2) is 6.35. The van der Waals surface area contributed by atoms with E-state index in [4.69, 9.17) is 12.2 Å². The van der Waals surface area contributed by atoms with Crippen LogP contribution in [-0.2, 0) is 0 Å². The standard InChI is InChI=1S/C12H11FN4S2/c1-8-15-9(7-19-8)6-14-17-12(18)16-11-5-3-2-4-10(11)13/h2-7H,1H3,(H2,16,17,18)/b14-6-. The summed E-state index contributed by atoms with van der Waals surface area (Å²) >= 11 is 6.54. The summed E-state index contributed by atoms with van der Waals surface area (Å²) in [6, 6.07) is 6.28. The third kappa shape index (κ3) is 4.08. The summed E-state index contributed by atoms with van der Waals surface area (Å²) in [5.74, 6) is -0.370. The van der Waals surface area contributed by atoms with Crippen molar-refractivity contribution in [3.05, 3.63) is 46.2 Å². The highest BCUT2D eigenvalue weighted by Crippen LogP contribution is 2.11. The summed E-state index contributed by atoms with van der Waals surface area (Å²) in [4.78, 5) is 4.21. The highest BCUT2D eigenvalue weighted by molar-refractivity contribution is 7.80. The predicted octanol–water partition coefficient (Wildman–Crippen LogP) is 2.91. The van der Waals surface area contributed by atoms with Gasteiger partial charge >= 0.3 is 0 Å². The molecule has 0 atom stereocenters. The number of hydrogen-bond acceptors (Lipinski definition) is 4. The van der Waals surface area contributed by atoms with Gasteiger partial charge in [-0.3, -0.25) is 5.43 Å². The van der Waals surface area contributed by atoms with E-state index < -0.39 is 0 Å². The SMILES string of the molecule is Cc1nc(/C=N\NC(=S)Nc2ccccc2F)cs1. The molecule has 0 spiro atoms. The Balaban J connectivity index is 1.88. The second-order valence-electron chi connectivity index (χ2n) is 3.60. The Morgan fingerprint density at radius 2 is 2.26 bits per heavy atom. The fourth-order valence-electron chi connectivity index (χ4n) is 1.31. The lowest BCUT2D eigenvalue weighted by Gasteiger charge is -2.07. The van der Waals surface area contributed by atoms with Crippen molar-refractivity contribution in [3.8, 4) is 0 Å². The monoisotopic (exact) mass is 294 g/mol. The molecule has 0 saturated carbocycles. The van der Waals surface area contributed by atoms with E-state index in [0.717, 1.165) is 10.7 Å². The van der Waals surface area contributed by atoms with Gasteiger partial charge in [-0.2, -0.15) is 5.10 Å². The molecule has 0 aliphatic carbocycles. The van der Waals surface area contributed by atoms with E-state index in [1.54, 1.807) is 24.4 Å². The Labute approximate surface area is 119 Å². The van der Waals surface area contributed by atoms with Crippen LogP contribution in [0.2, 0.25) is 0 Å². The van der Waals surface area contributed by atoms with E-state index in [2.05, 4.69) is 20.8 Å². The Kier molecular flexibility index (Phi) is 4.53. The van der Waals surface area contributed by atoms with Crippen molar-refractivity contribution >= 4 is 40.6 Å². The van der Waals surface area contributed by atoms with Gasteiger partial charge in [-0.15, -0.1) is 11.3 Å². The van der Waals surface area contributed by atoms with Gasteiger partial charge in [0.05, 0.1) is 22.6 Å². The topological polar surface area (TPSA) is 49.3 Å². The number of thiazole rings is 1. The highest BCUT2D eigenvalue weighted by atomic mass is 32.1. The molecule has 7 heteroatoms. The first-order valence-electron chi connectivity index (χ1n) is 5.42. The largest absolute Gasteiger partial charge is 0.329 e. The first-order valence-corrected chi connectivity index (χ1v) is 6.70. The average Bonchev–Trinajstić information content (AvgIpc) is 2.78. The third-order valence-electron chi connectivity index (χ3n) is 2.12. The number of para-hydroxylation sites is 1. The van der Waals surface area contributed by atoms with Crippen molar-refractivity contribution in [1.29, 1.82) is 0 Å². The van der Waals surface area contributed by atoms with Crippen LogP contribution in [0.1, 0.15) is 10.7 Å². The molecule has 2 N–H and O–H groups in total. The minimum atomic E-state index is -0.370. The van der Waals surface area contributed by atoms with Gasteiger partial charge in [0.2, 0.25) is 0 Å². The average molecular weight is 294 g/mol. The van der Waals surface area contributed by atoms with Crippen LogP contribution in [0, 0.1) is 12.7 Å². The van der Waals surface area contributed by atoms with Crippen LogP contribution in [0.3, 0.4) is 0 Å². The molecule has 0 bridgehead atoms. The number of benzene rings is 1. The number of hydrogen-bond donors (Lipinski definition) is 2. The van der Waals surface area contributed by atoms with E-state index in [0.29, 0.717) is 5.69 Å². The van der Waals surface area contributed by atoms with Crippen molar-refractivity contribution in [2.45, 2.75) is 6.92 Å². The quantitative estimate of drug-likeness (QED) is 0.519. The molecule has 0 aliphatic rings.